The normalized spacial score (nSPS) is 11.1. The van der Waals surface area contributed by atoms with Gasteiger partial charge >= 0.3 is 11.9 Å². The summed E-state index contributed by atoms with van der Waals surface area (Å²) in [6.45, 7) is 16.6. The molecule has 5 rings (SSSR count). The maximum absolute atomic E-state index is 12.3. The molecule has 0 fully saturated rings. The van der Waals surface area contributed by atoms with Crippen LogP contribution in [0.15, 0.2) is 121 Å². The summed E-state index contributed by atoms with van der Waals surface area (Å²) in [5.41, 5.74) is 5.13. The quantitative estimate of drug-likeness (QED) is 0.117. The predicted molar refractivity (Wildman–Crippen MR) is 221 cm³/mol. The number of anilines is 2. The van der Waals surface area contributed by atoms with Crippen LogP contribution in [0.2, 0.25) is 0 Å². The van der Waals surface area contributed by atoms with Crippen molar-refractivity contribution in [2.75, 3.05) is 24.9 Å². The van der Waals surface area contributed by atoms with Gasteiger partial charge in [0.05, 0.1) is 30.9 Å². The number of aromatic carboxylic acids is 2. The highest BCUT2D eigenvalue weighted by atomic mass is 16.5. The van der Waals surface area contributed by atoms with Crippen molar-refractivity contribution in [3.8, 4) is 11.5 Å². The smallest absolute Gasteiger partial charge is 0.336 e. The van der Waals surface area contributed by atoms with Gasteiger partial charge in [0.25, 0.3) is 5.91 Å². The van der Waals surface area contributed by atoms with E-state index >= 15 is 0 Å². The van der Waals surface area contributed by atoms with Crippen molar-refractivity contribution in [3.63, 3.8) is 0 Å². The number of hydrogen-bond acceptors (Lipinski definition) is 6. The highest BCUT2D eigenvalue weighted by molar-refractivity contribution is 6.10. The third-order valence-electron chi connectivity index (χ3n) is 8.63. The van der Waals surface area contributed by atoms with Crippen molar-refractivity contribution in [2.45, 2.75) is 71.8 Å². The molecular weight excluding hydrogens is 693 g/mol. The van der Waals surface area contributed by atoms with E-state index in [2.05, 4.69) is 48.7 Å². The lowest BCUT2D eigenvalue weighted by Crippen LogP contribution is -2.26. The molecule has 0 radical (unpaired) electrons. The van der Waals surface area contributed by atoms with Gasteiger partial charge in [-0.25, -0.2) is 9.59 Å². The Bertz CT molecular complexity index is 1990. The molecule has 0 aliphatic rings. The second kappa shape index (κ2) is 18.8. The number of hydrogen-bond donors (Lipinski definition) is 4. The summed E-state index contributed by atoms with van der Waals surface area (Å²) < 4.78 is 10.4. The third kappa shape index (κ3) is 12.8. The summed E-state index contributed by atoms with van der Waals surface area (Å²) in [4.78, 5) is 34.4. The Morgan fingerprint density at radius 2 is 0.964 bits per heavy atom. The lowest BCUT2D eigenvalue weighted by molar-refractivity contribution is 0.0683. The number of carbonyl (C=O) groups is 3. The van der Waals surface area contributed by atoms with Crippen LogP contribution in [0.5, 0.6) is 11.5 Å². The summed E-state index contributed by atoms with van der Waals surface area (Å²) >= 11 is 0. The van der Waals surface area contributed by atoms with Crippen molar-refractivity contribution >= 4 is 29.2 Å². The van der Waals surface area contributed by atoms with Crippen molar-refractivity contribution in [1.29, 1.82) is 0 Å². The SMILES string of the molecule is CC(C)(C)Nc1cccc(NC(=O)c2ccccc2C(=O)O)c1.CC(C)(C)c1ccccc1C(=O)O.COc1ccc(C(C)(C)c2ccc(OC)cc2)cc1. The minimum atomic E-state index is -1.13. The molecule has 55 heavy (non-hydrogen) atoms. The Morgan fingerprint density at radius 3 is 1.38 bits per heavy atom. The minimum Gasteiger partial charge on any atom is -0.497 e. The Morgan fingerprint density at radius 1 is 0.527 bits per heavy atom. The fourth-order valence-corrected chi connectivity index (χ4v) is 5.68. The number of carboxylic acids is 2. The lowest BCUT2D eigenvalue weighted by Gasteiger charge is -2.26. The van der Waals surface area contributed by atoms with Gasteiger partial charge < -0.3 is 30.3 Å². The summed E-state index contributed by atoms with van der Waals surface area (Å²) in [5, 5.41) is 24.1. The second-order valence-electron chi connectivity index (χ2n) is 15.4. The number of carbonyl (C=O) groups excluding carboxylic acids is 1. The van der Waals surface area contributed by atoms with Crippen LogP contribution in [-0.4, -0.2) is 47.8 Å². The molecule has 0 spiro atoms. The van der Waals surface area contributed by atoms with E-state index in [0.717, 1.165) is 22.7 Å². The van der Waals surface area contributed by atoms with E-state index in [4.69, 9.17) is 19.7 Å². The molecule has 0 saturated heterocycles. The Balaban J connectivity index is 0.000000230. The molecule has 9 heteroatoms. The fourth-order valence-electron chi connectivity index (χ4n) is 5.68. The standard InChI is InChI=1S/C18H20N2O3.C17H20O2.C11H14O2/c1-18(2,3)20-13-8-6-7-12(11-13)19-16(21)14-9-4-5-10-15(14)17(22)23;1-17(2,13-5-9-15(18-3)10-6-13)14-7-11-16(19-4)12-8-14;1-11(2,3)9-7-5-4-6-8(9)10(12)13/h4-11,20H,1-3H3,(H,19,21)(H,22,23);5-12H,1-4H3;4-7H,1-3H3,(H,12,13). The van der Waals surface area contributed by atoms with Crippen LogP contribution >= 0.6 is 0 Å². The van der Waals surface area contributed by atoms with Crippen molar-refractivity contribution in [1.82, 2.24) is 0 Å². The van der Waals surface area contributed by atoms with Crippen LogP contribution in [0, 0.1) is 0 Å². The molecule has 0 aliphatic heterocycles. The molecule has 5 aromatic carbocycles. The average molecular weight is 747 g/mol. The summed E-state index contributed by atoms with van der Waals surface area (Å²) in [5.74, 6) is -0.663. The van der Waals surface area contributed by atoms with Gasteiger partial charge in [-0.15, -0.1) is 0 Å². The number of carboxylic acid groups (broad SMARTS) is 2. The Kier molecular flexibility index (Phi) is 14.8. The Labute approximate surface area is 325 Å². The maximum Gasteiger partial charge on any atom is 0.336 e. The molecule has 0 aliphatic carbocycles. The van der Waals surface area contributed by atoms with Gasteiger partial charge in [0, 0.05) is 22.3 Å². The summed E-state index contributed by atoms with van der Waals surface area (Å²) in [6, 6.07) is 37.0. The van der Waals surface area contributed by atoms with Crippen LogP contribution in [0.4, 0.5) is 11.4 Å². The predicted octanol–water partition coefficient (Wildman–Crippen LogP) is 10.6. The molecule has 4 N–H and O–H groups in total. The number of methoxy groups -OCH3 is 2. The molecular formula is C46H54N2O7. The zero-order chi connectivity index (χ0) is 41.0. The molecule has 0 atom stereocenters. The third-order valence-corrected chi connectivity index (χ3v) is 8.63. The molecule has 290 valence electrons. The van der Waals surface area contributed by atoms with Crippen molar-refractivity contribution < 1.29 is 34.1 Å². The Hall–Kier alpha value is -6.09. The van der Waals surface area contributed by atoms with E-state index in [1.54, 1.807) is 44.6 Å². The molecule has 0 unspecified atom stereocenters. The topological polar surface area (TPSA) is 134 Å². The number of rotatable bonds is 9. The first-order chi connectivity index (χ1) is 25.8. The summed E-state index contributed by atoms with van der Waals surface area (Å²) in [7, 11) is 3.37. The zero-order valence-corrected chi connectivity index (χ0v) is 33.5. The number of nitrogens with one attached hydrogen (secondary N) is 2. The largest absolute Gasteiger partial charge is 0.497 e. The molecule has 1 amide bonds. The maximum atomic E-state index is 12.3. The van der Waals surface area contributed by atoms with Crippen LogP contribution in [0.25, 0.3) is 0 Å². The first-order valence-electron chi connectivity index (χ1n) is 17.9. The van der Waals surface area contributed by atoms with Crippen LogP contribution in [0.1, 0.15) is 103 Å². The van der Waals surface area contributed by atoms with E-state index in [1.165, 1.54) is 23.3 Å². The minimum absolute atomic E-state index is 0.0195. The number of ether oxygens (including phenoxy) is 2. The number of benzene rings is 5. The first kappa shape index (κ1) is 43.3. The second-order valence-corrected chi connectivity index (χ2v) is 15.4. The number of amides is 1. The zero-order valence-electron chi connectivity index (χ0n) is 33.5. The van der Waals surface area contributed by atoms with Crippen LogP contribution < -0.4 is 20.1 Å². The van der Waals surface area contributed by atoms with Gasteiger partial charge in [0.15, 0.2) is 0 Å². The van der Waals surface area contributed by atoms with Gasteiger partial charge in [-0.2, -0.15) is 0 Å². The highest BCUT2D eigenvalue weighted by Gasteiger charge is 2.23. The monoisotopic (exact) mass is 746 g/mol. The van der Waals surface area contributed by atoms with Crippen LogP contribution in [-0.2, 0) is 10.8 Å². The first-order valence-corrected chi connectivity index (χ1v) is 17.9. The molecule has 0 bridgehead atoms. The van der Waals surface area contributed by atoms with Crippen molar-refractivity contribution in [2.24, 2.45) is 0 Å². The van der Waals surface area contributed by atoms with Gasteiger partial charge in [-0.3, -0.25) is 4.79 Å². The fraction of sp³-hybridized carbons (Fsp3) is 0.283. The average Bonchev–Trinajstić information content (AvgIpc) is 3.14. The van der Waals surface area contributed by atoms with Gasteiger partial charge in [-0.1, -0.05) is 95.3 Å². The van der Waals surface area contributed by atoms with E-state index in [1.807, 2.05) is 96.1 Å². The van der Waals surface area contributed by atoms with Crippen molar-refractivity contribution in [3.05, 3.63) is 155 Å². The van der Waals surface area contributed by atoms with E-state index in [-0.39, 0.29) is 27.5 Å². The molecule has 0 saturated carbocycles. The van der Waals surface area contributed by atoms with E-state index in [9.17, 15) is 14.4 Å². The summed E-state index contributed by atoms with van der Waals surface area (Å²) in [6.07, 6.45) is 0. The molecule has 0 aromatic heterocycles. The van der Waals surface area contributed by atoms with Gasteiger partial charge in [0.2, 0.25) is 0 Å². The highest BCUT2D eigenvalue weighted by Crippen LogP contribution is 2.33. The van der Waals surface area contributed by atoms with E-state index in [0.29, 0.717) is 11.3 Å². The van der Waals surface area contributed by atoms with E-state index < -0.39 is 17.8 Å². The van der Waals surface area contributed by atoms with Gasteiger partial charge in [0.1, 0.15) is 11.5 Å². The van der Waals surface area contributed by atoms with Crippen LogP contribution in [0.3, 0.4) is 0 Å². The molecule has 5 aromatic rings. The molecule has 9 nitrogen and oxygen atoms in total. The molecule has 0 heterocycles. The van der Waals surface area contributed by atoms with Gasteiger partial charge in [-0.05, 0) is 104 Å². The lowest BCUT2D eigenvalue weighted by atomic mass is 9.78.